The van der Waals surface area contributed by atoms with Gasteiger partial charge in [-0.1, -0.05) is 19.9 Å². The maximum absolute atomic E-state index is 11.7. The summed E-state index contributed by atoms with van der Waals surface area (Å²) in [6.07, 6.45) is 2.47. The molecule has 0 aliphatic rings. The van der Waals surface area contributed by atoms with E-state index in [1.165, 1.54) is 0 Å². The SMILES string of the molecule is Cc1ccc(CNC(=O)[C@@H](N)CC(C)C)cn1. The second-order valence-corrected chi connectivity index (χ2v) is 4.76. The number of carbonyl (C=O) groups excluding carboxylic acids is 1. The predicted molar refractivity (Wildman–Crippen MR) is 68.3 cm³/mol. The molecule has 0 radical (unpaired) electrons. The molecule has 0 fully saturated rings. The van der Waals surface area contributed by atoms with E-state index in [-0.39, 0.29) is 5.91 Å². The molecule has 0 unspecified atom stereocenters. The summed E-state index contributed by atoms with van der Waals surface area (Å²) < 4.78 is 0. The van der Waals surface area contributed by atoms with Crippen LogP contribution in [-0.4, -0.2) is 16.9 Å². The van der Waals surface area contributed by atoms with Gasteiger partial charge in [-0.25, -0.2) is 0 Å². The van der Waals surface area contributed by atoms with Gasteiger partial charge in [0, 0.05) is 18.4 Å². The number of carbonyl (C=O) groups is 1. The third-order valence-corrected chi connectivity index (χ3v) is 2.50. The first-order valence-corrected chi connectivity index (χ1v) is 5.94. The third kappa shape index (κ3) is 4.95. The molecule has 1 rings (SSSR count). The molecule has 0 bridgehead atoms. The van der Waals surface area contributed by atoms with Crippen LogP contribution >= 0.6 is 0 Å². The molecule has 3 N–H and O–H groups in total. The lowest BCUT2D eigenvalue weighted by atomic mass is 10.0. The Kier molecular flexibility index (Phi) is 5.10. The summed E-state index contributed by atoms with van der Waals surface area (Å²) in [6, 6.07) is 3.46. The normalized spacial score (nSPS) is 12.5. The van der Waals surface area contributed by atoms with E-state index in [0.29, 0.717) is 18.9 Å². The molecular weight excluding hydrogens is 214 g/mol. The molecule has 1 atom stereocenters. The lowest BCUT2D eigenvalue weighted by molar-refractivity contribution is -0.122. The molecule has 0 spiro atoms. The van der Waals surface area contributed by atoms with Crippen molar-refractivity contribution in [3.63, 3.8) is 0 Å². The maximum atomic E-state index is 11.7. The van der Waals surface area contributed by atoms with Gasteiger partial charge < -0.3 is 11.1 Å². The Hall–Kier alpha value is -1.42. The second-order valence-electron chi connectivity index (χ2n) is 4.76. The highest BCUT2D eigenvalue weighted by atomic mass is 16.2. The number of amides is 1. The standard InChI is InChI=1S/C13H21N3O/c1-9(2)6-12(14)13(17)16-8-11-5-4-10(3)15-7-11/h4-5,7,9,12H,6,8,14H2,1-3H3,(H,16,17)/t12-/m0/s1. The lowest BCUT2D eigenvalue weighted by Gasteiger charge is -2.14. The van der Waals surface area contributed by atoms with Gasteiger partial charge in [0.1, 0.15) is 0 Å². The molecule has 0 aliphatic heterocycles. The van der Waals surface area contributed by atoms with Crippen molar-refractivity contribution in [2.75, 3.05) is 0 Å². The highest BCUT2D eigenvalue weighted by molar-refractivity contribution is 5.81. The first-order chi connectivity index (χ1) is 7.99. The van der Waals surface area contributed by atoms with Crippen molar-refractivity contribution in [2.45, 2.75) is 39.8 Å². The van der Waals surface area contributed by atoms with Crippen LogP contribution in [-0.2, 0) is 11.3 Å². The van der Waals surface area contributed by atoms with Crippen LogP contribution in [0.2, 0.25) is 0 Å². The van der Waals surface area contributed by atoms with E-state index in [4.69, 9.17) is 5.73 Å². The maximum Gasteiger partial charge on any atom is 0.237 e. The van der Waals surface area contributed by atoms with Gasteiger partial charge in [-0.3, -0.25) is 9.78 Å². The monoisotopic (exact) mass is 235 g/mol. The molecule has 0 saturated carbocycles. The number of hydrogen-bond acceptors (Lipinski definition) is 3. The molecule has 17 heavy (non-hydrogen) atoms. The van der Waals surface area contributed by atoms with Crippen LogP contribution in [0.3, 0.4) is 0 Å². The van der Waals surface area contributed by atoms with Gasteiger partial charge in [-0.2, -0.15) is 0 Å². The van der Waals surface area contributed by atoms with Crippen LogP contribution < -0.4 is 11.1 Å². The summed E-state index contributed by atoms with van der Waals surface area (Å²) in [6.45, 7) is 6.52. The molecule has 1 aromatic rings. The second kappa shape index (κ2) is 6.35. The summed E-state index contributed by atoms with van der Waals surface area (Å²) in [5.74, 6) is 0.330. The molecule has 0 aromatic carbocycles. The fraction of sp³-hybridized carbons (Fsp3) is 0.538. The molecule has 0 saturated heterocycles. The Morgan fingerprint density at radius 3 is 2.71 bits per heavy atom. The Bertz CT molecular complexity index is 359. The topological polar surface area (TPSA) is 68.0 Å². The van der Waals surface area contributed by atoms with Crippen LogP contribution in [0.25, 0.3) is 0 Å². The molecule has 1 heterocycles. The van der Waals surface area contributed by atoms with E-state index in [0.717, 1.165) is 11.3 Å². The summed E-state index contributed by atoms with van der Waals surface area (Å²) in [7, 11) is 0. The predicted octanol–water partition coefficient (Wildman–Crippen LogP) is 1.38. The van der Waals surface area contributed by atoms with Gasteiger partial charge in [0.05, 0.1) is 6.04 Å². The lowest BCUT2D eigenvalue weighted by Crippen LogP contribution is -2.41. The number of aryl methyl sites for hydroxylation is 1. The molecular formula is C13H21N3O. The number of pyridine rings is 1. The van der Waals surface area contributed by atoms with Crippen molar-refractivity contribution in [1.29, 1.82) is 0 Å². The largest absolute Gasteiger partial charge is 0.351 e. The Morgan fingerprint density at radius 2 is 2.18 bits per heavy atom. The van der Waals surface area contributed by atoms with Gasteiger partial charge >= 0.3 is 0 Å². The average molecular weight is 235 g/mol. The van der Waals surface area contributed by atoms with E-state index in [2.05, 4.69) is 24.1 Å². The summed E-state index contributed by atoms with van der Waals surface area (Å²) in [5, 5.41) is 2.82. The van der Waals surface area contributed by atoms with Gasteiger partial charge in [-0.05, 0) is 30.9 Å². The van der Waals surface area contributed by atoms with Crippen LogP contribution in [0.15, 0.2) is 18.3 Å². The Balaban J connectivity index is 2.40. The minimum Gasteiger partial charge on any atom is -0.351 e. The number of nitrogens with zero attached hydrogens (tertiary/aromatic N) is 1. The fourth-order valence-corrected chi connectivity index (χ4v) is 1.54. The number of rotatable bonds is 5. The van der Waals surface area contributed by atoms with Crippen molar-refractivity contribution in [3.05, 3.63) is 29.6 Å². The van der Waals surface area contributed by atoms with E-state index in [1.54, 1.807) is 6.20 Å². The van der Waals surface area contributed by atoms with Gasteiger partial charge in [0.2, 0.25) is 5.91 Å². The van der Waals surface area contributed by atoms with Crippen molar-refractivity contribution in [2.24, 2.45) is 11.7 Å². The number of hydrogen-bond donors (Lipinski definition) is 2. The Morgan fingerprint density at radius 1 is 1.47 bits per heavy atom. The molecule has 4 heteroatoms. The van der Waals surface area contributed by atoms with Crippen molar-refractivity contribution < 1.29 is 4.79 Å². The zero-order valence-corrected chi connectivity index (χ0v) is 10.7. The number of aromatic nitrogens is 1. The van der Waals surface area contributed by atoms with Crippen LogP contribution in [0.1, 0.15) is 31.5 Å². The summed E-state index contributed by atoms with van der Waals surface area (Å²) in [4.78, 5) is 15.8. The third-order valence-electron chi connectivity index (χ3n) is 2.50. The fourth-order valence-electron chi connectivity index (χ4n) is 1.54. The molecule has 0 aliphatic carbocycles. The molecule has 4 nitrogen and oxygen atoms in total. The quantitative estimate of drug-likeness (QED) is 0.810. The van der Waals surface area contributed by atoms with Crippen LogP contribution in [0.5, 0.6) is 0 Å². The van der Waals surface area contributed by atoms with Crippen molar-refractivity contribution in [1.82, 2.24) is 10.3 Å². The number of nitrogens with two attached hydrogens (primary N) is 1. The first-order valence-electron chi connectivity index (χ1n) is 5.94. The summed E-state index contributed by atoms with van der Waals surface area (Å²) in [5.41, 5.74) is 7.73. The van der Waals surface area contributed by atoms with E-state index in [1.807, 2.05) is 19.1 Å². The van der Waals surface area contributed by atoms with Gasteiger partial charge in [0.15, 0.2) is 0 Å². The molecule has 94 valence electrons. The van der Waals surface area contributed by atoms with Crippen LogP contribution in [0.4, 0.5) is 0 Å². The summed E-state index contributed by atoms with van der Waals surface area (Å²) >= 11 is 0. The average Bonchev–Trinajstić information content (AvgIpc) is 2.27. The minimum atomic E-state index is -0.423. The van der Waals surface area contributed by atoms with E-state index >= 15 is 0 Å². The number of nitrogens with one attached hydrogen (secondary N) is 1. The van der Waals surface area contributed by atoms with Crippen molar-refractivity contribution >= 4 is 5.91 Å². The van der Waals surface area contributed by atoms with Crippen molar-refractivity contribution in [3.8, 4) is 0 Å². The molecule has 1 aromatic heterocycles. The minimum absolute atomic E-state index is 0.0979. The Labute approximate surface area is 103 Å². The smallest absolute Gasteiger partial charge is 0.237 e. The van der Waals surface area contributed by atoms with Gasteiger partial charge in [0.25, 0.3) is 0 Å². The van der Waals surface area contributed by atoms with Gasteiger partial charge in [-0.15, -0.1) is 0 Å². The molecule has 1 amide bonds. The highest BCUT2D eigenvalue weighted by Gasteiger charge is 2.14. The zero-order valence-electron chi connectivity index (χ0n) is 10.7. The first kappa shape index (κ1) is 13.6. The highest BCUT2D eigenvalue weighted by Crippen LogP contribution is 2.03. The van der Waals surface area contributed by atoms with E-state index in [9.17, 15) is 4.79 Å². The zero-order chi connectivity index (χ0) is 12.8. The van der Waals surface area contributed by atoms with E-state index < -0.39 is 6.04 Å². The van der Waals surface area contributed by atoms with Crippen LogP contribution in [0, 0.1) is 12.8 Å².